The Morgan fingerprint density at radius 1 is 0.434 bits per heavy atom. The van der Waals surface area contributed by atoms with Crippen molar-refractivity contribution in [3.8, 4) is 18.2 Å². The number of furan rings is 1. The van der Waals surface area contributed by atoms with Crippen LogP contribution in [0.5, 0.6) is 0 Å². The van der Waals surface area contributed by atoms with Crippen LogP contribution in [0.3, 0.4) is 0 Å². The molecule has 0 spiro atoms. The van der Waals surface area contributed by atoms with Crippen molar-refractivity contribution in [1.82, 2.24) is 24.7 Å². The zero-order valence-electron chi connectivity index (χ0n) is 41.1. The normalized spacial score (nSPS) is 14.5. The lowest BCUT2D eigenvalue weighted by atomic mass is 10.1. The second-order valence-corrected chi connectivity index (χ2v) is 18.1. The van der Waals surface area contributed by atoms with E-state index in [9.17, 15) is 18.8 Å². The highest BCUT2D eigenvalue weighted by Crippen LogP contribution is 2.27. The lowest BCUT2D eigenvalue weighted by Crippen LogP contribution is -2.48. The van der Waals surface area contributed by atoms with Crippen LogP contribution in [0.25, 0.3) is 33.2 Å². The number of amides is 3. The molecule has 12 rings (SSSR count). The van der Waals surface area contributed by atoms with Crippen LogP contribution in [0, 0.1) is 39.8 Å². The predicted molar refractivity (Wildman–Crippen MR) is 282 cm³/mol. The van der Waals surface area contributed by atoms with Crippen molar-refractivity contribution in [3.63, 3.8) is 0 Å². The number of fused-ring (bicyclic) bond motifs is 3. The highest BCUT2D eigenvalue weighted by Gasteiger charge is 2.28. The van der Waals surface area contributed by atoms with Crippen LogP contribution in [0.15, 0.2) is 160 Å². The molecule has 3 aliphatic heterocycles. The van der Waals surface area contributed by atoms with Gasteiger partial charge in [-0.3, -0.25) is 14.4 Å². The van der Waals surface area contributed by atoms with Gasteiger partial charge in [-0.1, -0.05) is 36.4 Å². The van der Waals surface area contributed by atoms with Crippen LogP contribution in [0.2, 0.25) is 0 Å². The number of nitrogens with zero attached hydrogens (tertiary/aromatic N) is 11. The third-order valence-electron chi connectivity index (χ3n) is 13.6. The molecule has 0 atom stereocenters. The number of rotatable bonds is 6. The molecule has 378 valence electrons. The Labute approximate surface area is 436 Å². The first-order valence-corrected chi connectivity index (χ1v) is 24.6. The number of nitriles is 3. The molecule has 3 saturated heterocycles. The topological polar surface area (TPSA) is 207 Å². The predicted octanol–water partition coefficient (Wildman–Crippen LogP) is 8.73. The van der Waals surface area contributed by atoms with Gasteiger partial charge in [-0.05, 0) is 91.0 Å². The van der Waals surface area contributed by atoms with Gasteiger partial charge in [0.1, 0.15) is 22.4 Å². The molecule has 6 heterocycles. The van der Waals surface area contributed by atoms with E-state index in [1.807, 2.05) is 93.6 Å². The fourth-order valence-corrected chi connectivity index (χ4v) is 9.65. The Kier molecular flexibility index (Phi) is 14.6. The van der Waals surface area contributed by atoms with Crippen molar-refractivity contribution in [3.05, 3.63) is 186 Å². The van der Waals surface area contributed by atoms with Gasteiger partial charge in [-0.25, -0.2) is 14.4 Å². The molecule has 76 heavy (non-hydrogen) atoms. The summed E-state index contributed by atoms with van der Waals surface area (Å²) in [6, 6.07) is 44.0. The molecule has 0 N–H and O–H groups in total. The molecule has 0 aliphatic carbocycles. The molecule has 18 heteroatoms. The van der Waals surface area contributed by atoms with Gasteiger partial charge in [0.05, 0.1) is 57.9 Å². The maximum Gasteiger partial charge on any atom is 0.257 e. The molecular formula is C58H48FN11O6. The van der Waals surface area contributed by atoms with Crippen LogP contribution in [0.4, 0.5) is 21.5 Å². The van der Waals surface area contributed by atoms with Gasteiger partial charge in [0.25, 0.3) is 17.7 Å². The first kappa shape index (κ1) is 49.6. The van der Waals surface area contributed by atoms with Crippen LogP contribution in [-0.2, 0) is 0 Å². The highest BCUT2D eigenvalue weighted by molar-refractivity contribution is 6.06. The van der Waals surface area contributed by atoms with E-state index in [2.05, 4.69) is 31.9 Å². The Morgan fingerprint density at radius 3 is 1.30 bits per heavy atom. The number of carbonyl (C=O) groups is 3. The summed E-state index contributed by atoms with van der Waals surface area (Å²) in [5, 5.41) is 28.0. The van der Waals surface area contributed by atoms with E-state index in [4.69, 9.17) is 29.0 Å². The molecule has 3 amide bonds. The van der Waals surface area contributed by atoms with Crippen LogP contribution >= 0.6 is 0 Å². The molecule has 3 fully saturated rings. The summed E-state index contributed by atoms with van der Waals surface area (Å²) in [5.74, 6) is -0.572. The van der Waals surface area contributed by atoms with E-state index in [1.54, 1.807) is 53.6 Å². The fraction of sp³-hybridized carbons (Fsp3) is 0.207. The molecule has 0 unspecified atom stereocenters. The van der Waals surface area contributed by atoms with Crippen molar-refractivity contribution in [2.45, 2.75) is 0 Å². The summed E-state index contributed by atoms with van der Waals surface area (Å²) in [6.45, 7) is 7.62. The molecule has 0 bridgehead atoms. The number of hydrogen-bond acceptors (Lipinski definition) is 14. The largest absolute Gasteiger partial charge is 0.464 e. The van der Waals surface area contributed by atoms with Crippen LogP contribution < -0.4 is 14.7 Å². The van der Waals surface area contributed by atoms with Crippen molar-refractivity contribution in [1.29, 1.82) is 15.8 Å². The number of anilines is 3. The second-order valence-electron chi connectivity index (χ2n) is 18.1. The van der Waals surface area contributed by atoms with E-state index in [0.29, 0.717) is 114 Å². The van der Waals surface area contributed by atoms with Crippen molar-refractivity contribution in [2.75, 3.05) is 93.2 Å². The Bertz CT molecular complexity index is 3550. The Balaban J connectivity index is 0.000000130. The van der Waals surface area contributed by atoms with Gasteiger partial charge in [-0.2, -0.15) is 15.8 Å². The van der Waals surface area contributed by atoms with Gasteiger partial charge in [-0.15, -0.1) is 0 Å². The molecule has 0 saturated carbocycles. The van der Waals surface area contributed by atoms with Gasteiger partial charge in [0.2, 0.25) is 0 Å². The summed E-state index contributed by atoms with van der Waals surface area (Å²) in [6.07, 6.45) is 4.30. The molecule has 9 aromatic rings. The maximum atomic E-state index is 13.7. The van der Waals surface area contributed by atoms with Crippen molar-refractivity contribution >= 4 is 68.0 Å². The second kappa shape index (κ2) is 22.4. The average Bonchev–Trinajstić information content (AvgIpc) is 4.30. The number of oxazole rings is 2. The number of hydrogen-bond donors (Lipinski definition) is 0. The number of halogens is 1. The summed E-state index contributed by atoms with van der Waals surface area (Å²) in [5.41, 5.74) is 8.97. The maximum absolute atomic E-state index is 13.7. The van der Waals surface area contributed by atoms with E-state index >= 15 is 0 Å². The van der Waals surface area contributed by atoms with Gasteiger partial charge in [0, 0.05) is 101 Å². The molecule has 3 aromatic heterocycles. The lowest BCUT2D eigenvalue weighted by molar-refractivity contribution is 0.0740. The van der Waals surface area contributed by atoms with Crippen molar-refractivity contribution in [2.24, 2.45) is 0 Å². The molecule has 6 aromatic carbocycles. The monoisotopic (exact) mass is 1010 g/mol. The van der Waals surface area contributed by atoms with Gasteiger partial charge < -0.3 is 42.7 Å². The summed E-state index contributed by atoms with van der Waals surface area (Å²) in [7, 11) is 0. The van der Waals surface area contributed by atoms with E-state index in [-0.39, 0.29) is 23.3 Å². The zero-order chi connectivity index (χ0) is 52.5. The van der Waals surface area contributed by atoms with E-state index in [1.165, 1.54) is 24.9 Å². The number of aromatic nitrogens is 2. The smallest absolute Gasteiger partial charge is 0.257 e. The van der Waals surface area contributed by atoms with E-state index < -0.39 is 5.82 Å². The third-order valence-corrected chi connectivity index (χ3v) is 13.6. The lowest BCUT2D eigenvalue weighted by Gasteiger charge is -2.36. The highest BCUT2D eigenvalue weighted by atomic mass is 19.1. The third kappa shape index (κ3) is 10.7. The Morgan fingerprint density at radius 2 is 0.842 bits per heavy atom. The first-order chi connectivity index (χ1) is 37.2. The SMILES string of the molecule is N#Cc1cc(F)cc(N2CCN(C(=O)c3cccc4ncoc34)CC2)c1.N#Cc1cccc(N2CCN(C(=O)c3cccc4ccoc34)CC2)c1.N#Cc1cccc(N2CCN(C(=O)c3cccc4ncoc34)CC2)c1. The quantitative estimate of drug-likeness (QED) is 0.153. The van der Waals surface area contributed by atoms with E-state index in [0.717, 1.165) is 42.9 Å². The first-order valence-electron chi connectivity index (χ1n) is 24.6. The summed E-state index contributed by atoms with van der Waals surface area (Å²) in [4.78, 5) is 58.5. The number of carbonyl (C=O) groups excluding carboxylic acids is 3. The molecule has 0 radical (unpaired) electrons. The van der Waals surface area contributed by atoms with Gasteiger partial charge in [0.15, 0.2) is 24.0 Å². The minimum atomic E-state index is -0.436. The summed E-state index contributed by atoms with van der Waals surface area (Å²) >= 11 is 0. The van der Waals surface area contributed by atoms with Crippen LogP contribution in [0.1, 0.15) is 47.8 Å². The zero-order valence-corrected chi connectivity index (χ0v) is 41.1. The average molecular weight is 1010 g/mol. The standard InChI is InChI=1S/C20H17N3O2.C19H15FN4O2.C19H16N4O2/c21-14-15-3-1-5-17(13-15)22-8-10-23(11-9-22)20(24)18-6-2-4-16-7-12-25-19(16)18;20-14-8-13(11-21)9-15(10-14)23-4-6-24(7-5-23)19(25)16-2-1-3-17-18(16)26-12-22-17;20-12-14-3-1-4-15(11-14)22-7-9-23(10-8-22)19(24)16-5-2-6-17-18(16)25-13-21-17/h1-7,12-13H,8-11H2;1-3,8-10,12H,4-7H2;1-6,11,13H,7-10H2. The molecular weight excluding hydrogens is 966 g/mol. The van der Waals surface area contributed by atoms with Gasteiger partial charge >= 0.3 is 0 Å². The minimum Gasteiger partial charge on any atom is -0.464 e. The van der Waals surface area contributed by atoms with Crippen LogP contribution in [-0.4, -0.2) is 121 Å². The Hall–Kier alpha value is -9.99. The molecule has 3 aliphatic rings. The number of benzene rings is 6. The fourth-order valence-electron chi connectivity index (χ4n) is 9.65. The summed E-state index contributed by atoms with van der Waals surface area (Å²) < 4.78 is 29.9. The number of para-hydroxylation sites is 3. The number of piperazine rings is 3. The molecule has 17 nitrogen and oxygen atoms in total. The van der Waals surface area contributed by atoms with Crippen molar-refractivity contribution < 1.29 is 32.0 Å². The minimum absolute atomic E-state index is 0.00553.